The van der Waals surface area contributed by atoms with Crippen molar-refractivity contribution in [2.24, 2.45) is 0 Å². The fraction of sp³-hybridized carbons (Fsp3) is 0.500. The monoisotopic (exact) mass is 304 g/mol. The summed E-state index contributed by atoms with van der Waals surface area (Å²) in [5.41, 5.74) is 1.27. The Morgan fingerprint density at radius 2 is 2.27 bits per heavy atom. The van der Waals surface area contributed by atoms with Crippen molar-refractivity contribution in [2.45, 2.75) is 38.6 Å². The predicted octanol–water partition coefficient (Wildman–Crippen LogP) is 1.73. The molecule has 0 aromatic carbocycles. The molecule has 2 aromatic heterocycles. The number of nitrogens with zero attached hydrogens (tertiary/aromatic N) is 2. The van der Waals surface area contributed by atoms with Crippen molar-refractivity contribution < 1.29 is 9.90 Å². The van der Waals surface area contributed by atoms with E-state index in [0.717, 1.165) is 24.2 Å². The Bertz CT molecular complexity index is 592. The van der Waals surface area contributed by atoms with Gasteiger partial charge in [0.15, 0.2) is 0 Å². The first kappa shape index (κ1) is 16.3. The molecule has 0 aliphatic heterocycles. The molecule has 2 heterocycles. The molecule has 0 bridgehead atoms. The van der Waals surface area contributed by atoms with Gasteiger partial charge in [0, 0.05) is 25.4 Å². The van der Waals surface area contributed by atoms with Crippen molar-refractivity contribution in [3.63, 3.8) is 0 Å². The third-order valence-electron chi connectivity index (χ3n) is 3.65. The Balaban J connectivity index is 1.81. The number of imidazole rings is 1. The Kier molecular flexibility index (Phi) is 5.38. The highest BCUT2D eigenvalue weighted by molar-refractivity contribution is 5.74. The summed E-state index contributed by atoms with van der Waals surface area (Å²) in [5.74, 6) is 0. The fourth-order valence-electron chi connectivity index (χ4n) is 2.46. The Hall–Kier alpha value is -2.08. The lowest BCUT2D eigenvalue weighted by Gasteiger charge is -2.28. The third-order valence-corrected chi connectivity index (χ3v) is 3.65. The molecule has 0 radical (unpaired) electrons. The number of hydrogen-bond acceptors (Lipinski definition) is 3. The number of aromatic nitrogens is 2. The van der Waals surface area contributed by atoms with Gasteiger partial charge in [-0.05, 0) is 25.5 Å². The molecule has 0 spiro atoms. The van der Waals surface area contributed by atoms with Gasteiger partial charge in [-0.15, -0.1) is 0 Å². The van der Waals surface area contributed by atoms with Crippen LogP contribution in [0.3, 0.4) is 0 Å². The minimum absolute atomic E-state index is 0.0688. The van der Waals surface area contributed by atoms with Gasteiger partial charge in [0.2, 0.25) is 0 Å². The summed E-state index contributed by atoms with van der Waals surface area (Å²) < 4.78 is 1.96. The number of amides is 2. The number of fused-ring (bicyclic) bond motifs is 1. The van der Waals surface area contributed by atoms with E-state index in [1.807, 2.05) is 48.8 Å². The minimum Gasteiger partial charge on any atom is -0.394 e. The maximum Gasteiger partial charge on any atom is 0.315 e. The van der Waals surface area contributed by atoms with E-state index in [0.29, 0.717) is 13.0 Å². The molecule has 1 atom stereocenters. The molecule has 0 saturated heterocycles. The van der Waals surface area contributed by atoms with Crippen molar-refractivity contribution in [1.29, 1.82) is 0 Å². The van der Waals surface area contributed by atoms with E-state index in [-0.39, 0.29) is 12.6 Å². The lowest BCUT2D eigenvalue weighted by molar-refractivity contribution is 0.163. The summed E-state index contributed by atoms with van der Waals surface area (Å²) in [6.45, 7) is 4.30. The second-order valence-electron chi connectivity index (χ2n) is 5.80. The molecule has 2 rings (SSSR count). The number of carbonyl (C=O) groups is 1. The Labute approximate surface area is 130 Å². The van der Waals surface area contributed by atoms with E-state index in [1.165, 1.54) is 0 Å². The van der Waals surface area contributed by atoms with E-state index in [4.69, 9.17) is 0 Å². The van der Waals surface area contributed by atoms with Crippen molar-refractivity contribution in [2.75, 3.05) is 13.2 Å². The number of nitrogens with one attached hydrogen (secondary N) is 2. The van der Waals surface area contributed by atoms with Crippen LogP contribution < -0.4 is 10.6 Å². The molecule has 1 unspecified atom stereocenters. The standard InChI is InChI=1S/C16H24N4O2/c1-3-8-16(2,12-21)19-15(22)17-9-7-13-11-20-10-5-4-6-14(20)18-13/h4-6,10-11,21H,3,7-9,12H2,1-2H3,(H2,17,19,22). The van der Waals surface area contributed by atoms with Gasteiger partial charge in [-0.3, -0.25) is 0 Å². The van der Waals surface area contributed by atoms with Crippen LogP contribution in [0.15, 0.2) is 30.6 Å². The Morgan fingerprint density at radius 3 is 2.95 bits per heavy atom. The molecule has 3 N–H and O–H groups in total. The van der Waals surface area contributed by atoms with Crippen LogP contribution in [0.1, 0.15) is 32.4 Å². The first-order chi connectivity index (χ1) is 10.6. The maximum atomic E-state index is 11.9. The van der Waals surface area contributed by atoms with Crippen LogP contribution in [0.25, 0.3) is 5.65 Å². The summed E-state index contributed by atoms with van der Waals surface area (Å²) in [5, 5.41) is 15.0. The summed E-state index contributed by atoms with van der Waals surface area (Å²) in [7, 11) is 0. The van der Waals surface area contributed by atoms with Crippen molar-refractivity contribution >= 4 is 11.7 Å². The minimum atomic E-state index is -0.568. The Morgan fingerprint density at radius 1 is 1.45 bits per heavy atom. The van der Waals surface area contributed by atoms with E-state index >= 15 is 0 Å². The van der Waals surface area contributed by atoms with E-state index in [2.05, 4.69) is 15.6 Å². The third kappa shape index (κ3) is 4.21. The smallest absolute Gasteiger partial charge is 0.315 e. The number of pyridine rings is 1. The average Bonchev–Trinajstić information content (AvgIpc) is 2.90. The van der Waals surface area contributed by atoms with Gasteiger partial charge in [0.05, 0.1) is 17.8 Å². The number of urea groups is 1. The average molecular weight is 304 g/mol. The van der Waals surface area contributed by atoms with Gasteiger partial charge in [0.1, 0.15) is 5.65 Å². The van der Waals surface area contributed by atoms with E-state index < -0.39 is 5.54 Å². The zero-order chi connectivity index (χ0) is 16.0. The van der Waals surface area contributed by atoms with Crippen LogP contribution >= 0.6 is 0 Å². The van der Waals surface area contributed by atoms with Gasteiger partial charge in [-0.1, -0.05) is 19.4 Å². The zero-order valence-corrected chi connectivity index (χ0v) is 13.2. The van der Waals surface area contributed by atoms with Gasteiger partial charge >= 0.3 is 6.03 Å². The first-order valence-electron chi connectivity index (χ1n) is 7.66. The SMILES string of the molecule is CCCC(C)(CO)NC(=O)NCCc1cn2ccccc2n1. The van der Waals surface area contributed by atoms with E-state index in [1.54, 1.807) is 0 Å². The van der Waals surface area contributed by atoms with Gasteiger partial charge in [-0.25, -0.2) is 9.78 Å². The van der Waals surface area contributed by atoms with Gasteiger partial charge in [0.25, 0.3) is 0 Å². The molecule has 6 nitrogen and oxygen atoms in total. The summed E-state index contributed by atoms with van der Waals surface area (Å²) in [6.07, 6.45) is 6.22. The van der Waals surface area contributed by atoms with Crippen molar-refractivity contribution in [3.05, 3.63) is 36.3 Å². The number of hydrogen-bond donors (Lipinski definition) is 3. The summed E-state index contributed by atoms with van der Waals surface area (Å²) in [6, 6.07) is 5.59. The number of aliphatic hydroxyl groups is 1. The summed E-state index contributed by atoms with van der Waals surface area (Å²) in [4.78, 5) is 16.4. The number of aliphatic hydroxyl groups excluding tert-OH is 1. The molecular formula is C16H24N4O2. The normalized spacial score (nSPS) is 13.8. The molecule has 22 heavy (non-hydrogen) atoms. The molecule has 0 saturated carbocycles. The largest absolute Gasteiger partial charge is 0.394 e. The van der Waals surface area contributed by atoms with Gasteiger partial charge < -0.3 is 20.1 Å². The van der Waals surface area contributed by atoms with Crippen LogP contribution in [0.4, 0.5) is 4.79 Å². The van der Waals surface area contributed by atoms with E-state index in [9.17, 15) is 9.90 Å². The molecular weight excluding hydrogens is 280 g/mol. The van der Waals surface area contributed by atoms with Crippen LogP contribution in [0, 0.1) is 0 Å². The zero-order valence-electron chi connectivity index (χ0n) is 13.2. The second-order valence-corrected chi connectivity index (χ2v) is 5.80. The molecule has 120 valence electrons. The molecule has 0 aliphatic rings. The highest BCUT2D eigenvalue weighted by Crippen LogP contribution is 2.10. The van der Waals surface area contributed by atoms with Crippen LogP contribution in [-0.4, -0.2) is 39.2 Å². The van der Waals surface area contributed by atoms with Crippen LogP contribution in [0.5, 0.6) is 0 Å². The lowest BCUT2D eigenvalue weighted by Crippen LogP contribution is -2.52. The quantitative estimate of drug-likeness (QED) is 0.729. The first-order valence-corrected chi connectivity index (χ1v) is 7.66. The molecule has 2 amide bonds. The van der Waals surface area contributed by atoms with Crippen molar-refractivity contribution in [1.82, 2.24) is 20.0 Å². The highest BCUT2D eigenvalue weighted by Gasteiger charge is 2.24. The predicted molar refractivity (Wildman–Crippen MR) is 85.8 cm³/mol. The topological polar surface area (TPSA) is 78.7 Å². The maximum absolute atomic E-state index is 11.9. The lowest BCUT2D eigenvalue weighted by atomic mass is 9.98. The molecule has 0 fully saturated rings. The van der Waals surface area contributed by atoms with Crippen LogP contribution in [0.2, 0.25) is 0 Å². The highest BCUT2D eigenvalue weighted by atomic mass is 16.3. The van der Waals surface area contributed by atoms with Gasteiger partial charge in [-0.2, -0.15) is 0 Å². The molecule has 6 heteroatoms. The second kappa shape index (κ2) is 7.26. The number of rotatable bonds is 7. The number of carbonyl (C=O) groups excluding carboxylic acids is 1. The van der Waals surface area contributed by atoms with Crippen molar-refractivity contribution in [3.8, 4) is 0 Å². The molecule has 0 aliphatic carbocycles. The summed E-state index contributed by atoms with van der Waals surface area (Å²) >= 11 is 0. The fourth-order valence-corrected chi connectivity index (χ4v) is 2.46. The van der Waals surface area contributed by atoms with Crippen LogP contribution in [-0.2, 0) is 6.42 Å². The molecule has 2 aromatic rings.